The quantitative estimate of drug-likeness (QED) is 0.484. The molecule has 6 nitrogen and oxygen atoms in total. The van der Waals surface area contributed by atoms with Gasteiger partial charge in [0.05, 0.1) is 28.5 Å². The topological polar surface area (TPSA) is 66.9 Å². The van der Waals surface area contributed by atoms with Gasteiger partial charge in [-0.3, -0.25) is 14.4 Å². The molecule has 0 spiro atoms. The zero-order valence-corrected chi connectivity index (χ0v) is 21.0. The third-order valence-electron chi connectivity index (χ3n) is 6.08. The summed E-state index contributed by atoms with van der Waals surface area (Å²) in [6.45, 7) is 2.96. The molecule has 0 bridgehead atoms. The Morgan fingerprint density at radius 3 is 2.18 bits per heavy atom. The molecule has 0 aromatic heterocycles. The van der Waals surface area contributed by atoms with Gasteiger partial charge in [0.25, 0.3) is 0 Å². The lowest BCUT2D eigenvalue weighted by Gasteiger charge is -2.29. The number of rotatable bonds is 8. The molecule has 0 heterocycles. The van der Waals surface area contributed by atoms with E-state index in [0.29, 0.717) is 39.6 Å². The van der Waals surface area contributed by atoms with Crippen molar-refractivity contribution in [3.8, 4) is 11.1 Å². The first-order chi connectivity index (χ1) is 15.9. The largest absolute Gasteiger partial charge is 0.459 e. The van der Waals surface area contributed by atoms with Crippen LogP contribution >= 0.6 is 23.2 Å². The zero-order chi connectivity index (χ0) is 25.2. The van der Waals surface area contributed by atoms with E-state index < -0.39 is 23.3 Å². The van der Waals surface area contributed by atoms with Crippen molar-refractivity contribution in [2.75, 3.05) is 27.2 Å². The van der Waals surface area contributed by atoms with Crippen molar-refractivity contribution in [1.29, 1.82) is 0 Å². The van der Waals surface area contributed by atoms with Crippen LogP contribution in [0.5, 0.6) is 0 Å². The van der Waals surface area contributed by atoms with E-state index in [9.17, 15) is 14.4 Å². The Morgan fingerprint density at radius 2 is 1.65 bits per heavy atom. The van der Waals surface area contributed by atoms with Crippen LogP contribution in [0.15, 0.2) is 36.4 Å². The van der Waals surface area contributed by atoms with E-state index >= 15 is 4.39 Å². The van der Waals surface area contributed by atoms with Crippen molar-refractivity contribution < 1.29 is 23.5 Å². The molecule has 9 heteroatoms. The van der Waals surface area contributed by atoms with Gasteiger partial charge in [0, 0.05) is 33.5 Å². The van der Waals surface area contributed by atoms with Crippen LogP contribution in [-0.4, -0.2) is 60.9 Å². The Bertz CT molecular complexity index is 1120. The minimum Gasteiger partial charge on any atom is -0.459 e. The van der Waals surface area contributed by atoms with Crippen molar-refractivity contribution in [2.24, 2.45) is 0 Å². The minimum absolute atomic E-state index is 0.113. The molecule has 1 fully saturated rings. The molecule has 2 aromatic carbocycles. The lowest BCUT2D eigenvalue weighted by molar-refractivity contribution is -0.152. The Labute approximate surface area is 208 Å². The minimum atomic E-state index is -0.820. The highest BCUT2D eigenvalue weighted by molar-refractivity contribution is 6.42. The van der Waals surface area contributed by atoms with Crippen LogP contribution in [0.1, 0.15) is 32.3 Å². The SMILES string of the molecule is CC(=O)OC(CN(C)C(C)=O)CN(C)C(=O)C1(c2ccc(-c3ccc(Cl)c(Cl)c3)c(F)c2)CC1. The number of benzene rings is 2. The summed E-state index contributed by atoms with van der Waals surface area (Å²) in [6.07, 6.45) is 0.505. The van der Waals surface area contributed by atoms with Gasteiger partial charge >= 0.3 is 5.97 Å². The standard InChI is InChI=1S/C25H27Cl2FN2O4/c1-15(31)29(3)13-19(34-16(2)32)14-30(4)24(33)25(9-10-25)18-6-7-20(23(28)12-18)17-5-8-21(26)22(27)11-17/h5-8,11-12,19H,9-10,13-14H2,1-4H3. The summed E-state index contributed by atoms with van der Waals surface area (Å²) < 4.78 is 20.4. The molecule has 1 saturated carbocycles. The van der Waals surface area contributed by atoms with Gasteiger partial charge in [0.1, 0.15) is 11.9 Å². The van der Waals surface area contributed by atoms with E-state index in [-0.39, 0.29) is 24.9 Å². The van der Waals surface area contributed by atoms with Crippen molar-refractivity contribution in [1.82, 2.24) is 9.80 Å². The second kappa shape index (κ2) is 10.3. The smallest absolute Gasteiger partial charge is 0.303 e. The number of hydrogen-bond donors (Lipinski definition) is 0. The number of esters is 1. The highest BCUT2D eigenvalue weighted by atomic mass is 35.5. The molecule has 0 N–H and O–H groups in total. The van der Waals surface area contributed by atoms with Gasteiger partial charge in [0.2, 0.25) is 11.8 Å². The van der Waals surface area contributed by atoms with Gasteiger partial charge < -0.3 is 14.5 Å². The molecule has 2 aromatic rings. The van der Waals surface area contributed by atoms with Crippen LogP contribution in [0.4, 0.5) is 4.39 Å². The Morgan fingerprint density at radius 1 is 1.00 bits per heavy atom. The monoisotopic (exact) mass is 508 g/mol. The lowest BCUT2D eigenvalue weighted by atomic mass is 9.92. The molecule has 182 valence electrons. The van der Waals surface area contributed by atoms with Crippen molar-refractivity contribution >= 4 is 41.0 Å². The van der Waals surface area contributed by atoms with E-state index in [4.69, 9.17) is 27.9 Å². The van der Waals surface area contributed by atoms with Crippen LogP contribution in [0, 0.1) is 5.82 Å². The van der Waals surface area contributed by atoms with Crippen LogP contribution in [0.2, 0.25) is 10.0 Å². The van der Waals surface area contributed by atoms with Crippen LogP contribution in [0.25, 0.3) is 11.1 Å². The predicted octanol–water partition coefficient (Wildman–Crippen LogP) is 4.70. The maximum atomic E-state index is 15.1. The average molecular weight is 509 g/mol. The first-order valence-electron chi connectivity index (χ1n) is 10.8. The maximum absolute atomic E-state index is 15.1. The maximum Gasteiger partial charge on any atom is 0.303 e. The number of carbonyl (C=O) groups is 3. The molecule has 0 saturated heterocycles. The third kappa shape index (κ3) is 5.70. The van der Waals surface area contributed by atoms with E-state index in [2.05, 4.69) is 0 Å². The Balaban J connectivity index is 1.79. The van der Waals surface area contributed by atoms with Crippen LogP contribution < -0.4 is 0 Å². The summed E-state index contributed by atoms with van der Waals surface area (Å²) in [4.78, 5) is 39.4. The van der Waals surface area contributed by atoms with Crippen LogP contribution in [0.3, 0.4) is 0 Å². The molecule has 34 heavy (non-hydrogen) atoms. The first kappa shape index (κ1) is 26.0. The highest BCUT2D eigenvalue weighted by Crippen LogP contribution is 2.50. The van der Waals surface area contributed by atoms with Crippen molar-refractivity contribution in [2.45, 2.75) is 38.2 Å². The molecule has 1 aliphatic rings. The van der Waals surface area contributed by atoms with E-state index in [1.165, 1.54) is 29.7 Å². The molecular weight excluding hydrogens is 482 g/mol. The van der Waals surface area contributed by atoms with Gasteiger partial charge in [0.15, 0.2) is 0 Å². The summed E-state index contributed by atoms with van der Waals surface area (Å²) in [6, 6.07) is 9.68. The van der Waals surface area contributed by atoms with Gasteiger partial charge in [-0.05, 0) is 42.2 Å². The van der Waals surface area contributed by atoms with Crippen molar-refractivity contribution in [3.05, 3.63) is 57.8 Å². The number of carbonyl (C=O) groups excluding carboxylic acids is 3. The summed E-state index contributed by atoms with van der Waals surface area (Å²) >= 11 is 12.0. The fourth-order valence-corrected chi connectivity index (χ4v) is 4.31. The average Bonchev–Trinajstić information content (AvgIpc) is 3.56. The highest BCUT2D eigenvalue weighted by Gasteiger charge is 2.53. The molecule has 1 unspecified atom stereocenters. The normalized spacial score (nSPS) is 14.8. The van der Waals surface area contributed by atoms with Crippen LogP contribution in [-0.2, 0) is 24.5 Å². The van der Waals surface area contributed by atoms with E-state index in [1.807, 2.05) is 0 Å². The summed E-state index contributed by atoms with van der Waals surface area (Å²) in [5.74, 6) is -1.32. The number of ether oxygens (including phenoxy) is 1. The Hall–Kier alpha value is -2.64. The van der Waals surface area contributed by atoms with Crippen molar-refractivity contribution in [3.63, 3.8) is 0 Å². The molecule has 3 rings (SSSR count). The number of nitrogens with zero attached hydrogens (tertiary/aromatic N) is 2. The van der Waals surface area contributed by atoms with E-state index in [0.717, 1.165) is 0 Å². The number of likely N-dealkylation sites (N-methyl/N-ethyl adjacent to an activating group) is 2. The molecular formula is C25H27Cl2FN2O4. The van der Waals surface area contributed by atoms with Gasteiger partial charge in [-0.2, -0.15) is 0 Å². The zero-order valence-electron chi connectivity index (χ0n) is 19.5. The number of halogens is 3. The predicted molar refractivity (Wildman–Crippen MR) is 129 cm³/mol. The molecule has 2 amide bonds. The summed E-state index contributed by atoms with van der Waals surface area (Å²) in [5, 5.41) is 0.713. The molecule has 0 aliphatic heterocycles. The fourth-order valence-electron chi connectivity index (χ4n) is 4.02. The van der Waals surface area contributed by atoms with E-state index in [1.54, 1.807) is 44.4 Å². The second-order valence-corrected chi connectivity index (χ2v) is 9.54. The molecule has 1 atom stereocenters. The summed E-state index contributed by atoms with van der Waals surface area (Å²) in [7, 11) is 3.22. The second-order valence-electron chi connectivity index (χ2n) is 8.72. The lowest BCUT2D eigenvalue weighted by Crippen LogP contribution is -2.46. The first-order valence-corrected chi connectivity index (χ1v) is 11.6. The summed E-state index contributed by atoms with van der Waals surface area (Å²) in [5.41, 5.74) is 0.723. The van der Waals surface area contributed by atoms with Gasteiger partial charge in [-0.15, -0.1) is 0 Å². The number of hydrogen-bond acceptors (Lipinski definition) is 4. The number of amides is 2. The molecule has 1 aliphatic carbocycles. The molecule has 0 radical (unpaired) electrons. The fraction of sp³-hybridized carbons (Fsp3) is 0.400. The Kier molecular flexibility index (Phi) is 7.88. The third-order valence-corrected chi connectivity index (χ3v) is 6.82. The van der Waals surface area contributed by atoms with Gasteiger partial charge in [-0.1, -0.05) is 41.4 Å². The van der Waals surface area contributed by atoms with Gasteiger partial charge in [-0.25, -0.2) is 4.39 Å².